The van der Waals surface area contributed by atoms with Crippen LogP contribution in [0.5, 0.6) is 0 Å². The lowest BCUT2D eigenvalue weighted by Crippen LogP contribution is -2.26. The van der Waals surface area contributed by atoms with Crippen LogP contribution in [0.4, 0.5) is 17.6 Å². The quantitative estimate of drug-likeness (QED) is 0.851. The molecule has 2 rings (SSSR count). The molecule has 6 heteroatoms. The van der Waals surface area contributed by atoms with Gasteiger partial charge in [-0.15, -0.1) is 0 Å². The van der Waals surface area contributed by atoms with E-state index in [-0.39, 0.29) is 11.1 Å². The van der Waals surface area contributed by atoms with E-state index in [0.29, 0.717) is 0 Å². The van der Waals surface area contributed by atoms with Crippen LogP contribution in [0.25, 0.3) is 0 Å². The van der Waals surface area contributed by atoms with E-state index in [1.807, 2.05) is 0 Å². The van der Waals surface area contributed by atoms with Gasteiger partial charge in [-0.1, -0.05) is 12.1 Å². The van der Waals surface area contributed by atoms with Crippen molar-refractivity contribution < 1.29 is 17.6 Å². The second kappa shape index (κ2) is 5.60. The first kappa shape index (κ1) is 14.5. The number of rotatable bonds is 3. The highest BCUT2D eigenvalue weighted by atomic mass is 19.2. The van der Waals surface area contributed by atoms with Gasteiger partial charge in [-0.3, -0.25) is 0 Å². The second-order valence-electron chi connectivity index (χ2n) is 4.40. The first-order chi connectivity index (χ1) is 9.40. The summed E-state index contributed by atoms with van der Waals surface area (Å²) in [6, 6.07) is 4.56. The normalized spacial score (nSPS) is 14.1. The molecule has 4 N–H and O–H groups in total. The molecule has 0 aliphatic heterocycles. The maximum atomic E-state index is 13.1. The third-order valence-electron chi connectivity index (χ3n) is 3.04. The molecule has 0 bridgehead atoms. The van der Waals surface area contributed by atoms with Crippen LogP contribution in [-0.4, -0.2) is 0 Å². The van der Waals surface area contributed by atoms with E-state index in [9.17, 15) is 17.6 Å². The zero-order valence-corrected chi connectivity index (χ0v) is 10.3. The van der Waals surface area contributed by atoms with Crippen molar-refractivity contribution in [1.82, 2.24) is 0 Å². The van der Waals surface area contributed by atoms with Gasteiger partial charge < -0.3 is 11.5 Å². The molecule has 0 saturated carbocycles. The van der Waals surface area contributed by atoms with E-state index < -0.39 is 35.4 Å². The Morgan fingerprint density at radius 1 is 0.600 bits per heavy atom. The van der Waals surface area contributed by atoms with E-state index in [1.165, 1.54) is 12.1 Å². The fourth-order valence-electron chi connectivity index (χ4n) is 1.85. The lowest BCUT2D eigenvalue weighted by Gasteiger charge is -2.21. The topological polar surface area (TPSA) is 52.0 Å². The molecule has 20 heavy (non-hydrogen) atoms. The monoisotopic (exact) mass is 284 g/mol. The smallest absolute Gasteiger partial charge is 0.159 e. The molecule has 0 aliphatic carbocycles. The minimum atomic E-state index is -1.05. The van der Waals surface area contributed by atoms with Crippen LogP contribution < -0.4 is 11.5 Å². The zero-order chi connectivity index (χ0) is 14.9. The summed E-state index contributed by atoms with van der Waals surface area (Å²) >= 11 is 0. The maximum absolute atomic E-state index is 13.1. The van der Waals surface area contributed by atoms with Gasteiger partial charge in [0, 0.05) is 12.1 Å². The van der Waals surface area contributed by atoms with Gasteiger partial charge in [0.05, 0.1) is 0 Å². The molecule has 0 radical (unpaired) electrons. The molecule has 0 aromatic heterocycles. The van der Waals surface area contributed by atoms with Gasteiger partial charge in [-0.25, -0.2) is 17.6 Å². The van der Waals surface area contributed by atoms with E-state index in [2.05, 4.69) is 0 Å². The van der Waals surface area contributed by atoms with Crippen molar-refractivity contribution in [3.05, 3.63) is 70.8 Å². The number of benzene rings is 2. The fraction of sp³-hybridized carbons (Fsp3) is 0.143. The molecule has 2 aromatic rings. The molecule has 0 fully saturated rings. The number of hydrogen-bond acceptors (Lipinski definition) is 2. The summed E-state index contributed by atoms with van der Waals surface area (Å²) < 4.78 is 52.0. The molecular weight excluding hydrogens is 272 g/mol. The highest BCUT2D eigenvalue weighted by molar-refractivity contribution is 5.28. The van der Waals surface area contributed by atoms with Crippen molar-refractivity contribution in [1.29, 1.82) is 0 Å². The zero-order valence-electron chi connectivity index (χ0n) is 10.3. The van der Waals surface area contributed by atoms with E-state index in [1.54, 1.807) is 0 Å². The Kier molecular flexibility index (Phi) is 4.06. The van der Waals surface area contributed by atoms with E-state index in [0.717, 1.165) is 24.3 Å². The molecule has 0 saturated heterocycles. The minimum Gasteiger partial charge on any atom is -0.322 e. The van der Waals surface area contributed by atoms with Crippen LogP contribution in [-0.2, 0) is 0 Å². The average Bonchev–Trinajstić information content (AvgIpc) is 2.43. The maximum Gasteiger partial charge on any atom is 0.159 e. The fourth-order valence-corrected chi connectivity index (χ4v) is 1.85. The third kappa shape index (κ3) is 2.81. The molecule has 106 valence electrons. The largest absolute Gasteiger partial charge is 0.322 e. The Morgan fingerprint density at radius 3 is 1.25 bits per heavy atom. The molecule has 2 nitrogen and oxygen atoms in total. The Labute approximate surface area is 113 Å². The van der Waals surface area contributed by atoms with Gasteiger partial charge >= 0.3 is 0 Å². The summed E-state index contributed by atoms with van der Waals surface area (Å²) in [6.45, 7) is 0. The molecular formula is C14H12F4N2. The third-order valence-corrected chi connectivity index (χ3v) is 3.04. The lowest BCUT2D eigenvalue weighted by molar-refractivity contribution is 0.494. The van der Waals surface area contributed by atoms with E-state index in [4.69, 9.17) is 11.5 Å². The number of hydrogen-bond donors (Lipinski definition) is 2. The van der Waals surface area contributed by atoms with Gasteiger partial charge in [-0.05, 0) is 35.4 Å². The summed E-state index contributed by atoms with van der Waals surface area (Å²) in [5.41, 5.74) is 12.2. The van der Waals surface area contributed by atoms with Crippen LogP contribution in [0, 0.1) is 23.3 Å². The second-order valence-corrected chi connectivity index (χ2v) is 4.40. The average molecular weight is 284 g/mol. The highest BCUT2D eigenvalue weighted by Crippen LogP contribution is 2.26. The Morgan fingerprint density at radius 2 is 0.950 bits per heavy atom. The minimum absolute atomic E-state index is 0.265. The SMILES string of the molecule is N[C@H](c1ccc(F)c(F)c1)[C@@H](N)c1ccc(F)c(F)c1. The van der Waals surface area contributed by atoms with Crippen LogP contribution in [0.1, 0.15) is 23.2 Å². The van der Waals surface area contributed by atoms with Gasteiger partial charge in [-0.2, -0.15) is 0 Å². The summed E-state index contributed by atoms with van der Waals surface area (Å²) in [5, 5.41) is 0. The molecule has 2 atom stereocenters. The van der Waals surface area contributed by atoms with Crippen molar-refractivity contribution in [3.8, 4) is 0 Å². The summed E-state index contributed by atoms with van der Waals surface area (Å²) in [5.74, 6) is -4.09. The van der Waals surface area contributed by atoms with E-state index >= 15 is 0 Å². The molecule has 0 aliphatic rings. The van der Waals surface area contributed by atoms with Crippen LogP contribution in [0.15, 0.2) is 36.4 Å². The van der Waals surface area contributed by atoms with Crippen LogP contribution in [0.3, 0.4) is 0 Å². The first-order valence-corrected chi connectivity index (χ1v) is 5.81. The lowest BCUT2D eigenvalue weighted by atomic mass is 9.94. The summed E-state index contributed by atoms with van der Waals surface area (Å²) in [4.78, 5) is 0. The van der Waals surface area contributed by atoms with Crippen LogP contribution >= 0.6 is 0 Å². The highest BCUT2D eigenvalue weighted by Gasteiger charge is 2.20. The summed E-state index contributed by atoms with van der Waals surface area (Å²) in [7, 11) is 0. The van der Waals surface area contributed by atoms with Gasteiger partial charge in [0.25, 0.3) is 0 Å². The van der Waals surface area contributed by atoms with Gasteiger partial charge in [0.1, 0.15) is 0 Å². The van der Waals surface area contributed by atoms with Crippen LogP contribution in [0.2, 0.25) is 0 Å². The Balaban J connectivity index is 2.29. The van der Waals surface area contributed by atoms with Gasteiger partial charge in [0.2, 0.25) is 0 Å². The molecule has 0 heterocycles. The molecule has 2 aromatic carbocycles. The standard InChI is InChI=1S/C14H12F4N2/c15-9-3-1-7(5-11(9)17)13(19)14(20)8-2-4-10(16)12(18)6-8/h1-6,13-14H,19-20H2/t13-,14+. The van der Waals surface area contributed by atoms with Crippen molar-refractivity contribution in [3.63, 3.8) is 0 Å². The number of nitrogens with two attached hydrogens (primary N) is 2. The Bertz CT molecular complexity index is 575. The van der Waals surface area contributed by atoms with Crippen molar-refractivity contribution in [2.75, 3.05) is 0 Å². The van der Waals surface area contributed by atoms with Crippen molar-refractivity contribution in [2.24, 2.45) is 11.5 Å². The Hall–Kier alpha value is -1.92. The summed E-state index contributed by atoms with van der Waals surface area (Å²) in [6.07, 6.45) is 0. The van der Waals surface area contributed by atoms with Crippen molar-refractivity contribution in [2.45, 2.75) is 12.1 Å². The predicted molar refractivity (Wildman–Crippen MR) is 66.6 cm³/mol. The number of halogens is 4. The first-order valence-electron chi connectivity index (χ1n) is 5.81. The predicted octanol–water partition coefficient (Wildman–Crippen LogP) is 2.94. The molecule has 0 spiro atoms. The molecule has 0 amide bonds. The molecule has 0 unspecified atom stereocenters. The van der Waals surface area contributed by atoms with Gasteiger partial charge in [0.15, 0.2) is 23.3 Å². The van der Waals surface area contributed by atoms with Crippen molar-refractivity contribution >= 4 is 0 Å².